The molecule has 1 aliphatic rings. The molecule has 0 spiro atoms. The second kappa shape index (κ2) is 12.3. The summed E-state index contributed by atoms with van der Waals surface area (Å²) in [7, 11) is 1.70. The average Bonchev–Trinajstić information content (AvgIpc) is 2.92. The monoisotopic (exact) mass is 498 g/mol. The fraction of sp³-hybridized carbons (Fsp3) is 0.424. The van der Waals surface area contributed by atoms with Crippen molar-refractivity contribution >= 4 is 11.7 Å². The van der Waals surface area contributed by atoms with Gasteiger partial charge in [0, 0.05) is 17.3 Å². The zero-order valence-electron chi connectivity index (χ0n) is 23.0. The van der Waals surface area contributed by atoms with Crippen molar-refractivity contribution in [3.63, 3.8) is 0 Å². The van der Waals surface area contributed by atoms with Gasteiger partial charge in [0.2, 0.25) is 0 Å². The molecular weight excluding hydrogens is 456 g/mol. The maximum atomic E-state index is 14.1. The van der Waals surface area contributed by atoms with Gasteiger partial charge in [-0.1, -0.05) is 94.4 Å². The molecular formula is C33H42N2O2. The first-order chi connectivity index (χ1) is 17.9. The van der Waals surface area contributed by atoms with Crippen LogP contribution in [-0.2, 0) is 6.54 Å². The highest BCUT2D eigenvalue weighted by molar-refractivity contribution is 5.91. The van der Waals surface area contributed by atoms with Crippen LogP contribution in [-0.4, -0.2) is 24.1 Å². The molecule has 196 valence electrons. The molecule has 0 radical (unpaired) electrons. The van der Waals surface area contributed by atoms with Crippen LogP contribution in [0, 0.1) is 0 Å². The number of carbonyl (C=O) groups is 1. The molecule has 1 fully saturated rings. The lowest BCUT2D eigenvalue weighted by Gasteiger charge is -2.38. The van der Waals surface area contributed by atoms with Crippen LogP contribution in [0.25, 0.3) is 0 Å². The SMILES string of the molecule is COc1ccccc1CN(C(=O)Nc1c(C(C)C)cccc1C(C)C)[C@H]1CC[C@@H](c2ccccc2)CC1. The predicted octanol–water partition coefficient (Wildman–Crippen LogP) is 8.70. The van der Waals surface area contributed by atoms with Crippen molar-refractivity contribution in [2.24, 2.45) is 0 Å². The molecule has 37 heavy (non-hydrogen) atoms. The molecule has 4 rings (SSSR count). The standard InChI is InChI=1S/C33H42N2O2/c1-23(2)29-15-11-16-30(24(3)4)32(29)34-33(36)35(22-27-14-9-10-17-31(27)37-5)28-20-18-26(19-21-28)25-12-7-6-8-13-25/h6-17,23-24,26,28H,18-22H2,1-5H3,(H,34,36)/t26-,28+. The number of rotatable bonds is 8. The Balaban J connectivity index is 1.62. The Labute approximate surface area is 223 Å². The van der Waals surface area contributed by atoms with Crippen molar-refractivity contribution in [2.45, 2.75) is 83.7 Å². The molecule has 1 N–H and O–H groups in total. The third kappa shape index (κ3) is 6.36. The van der Waals surface area contributed by atoms with E-state index >= 15 is 0 Å². The van der Waals surface area contributed by atoms with Crippen LogP contribution in [0.15, 0.2) is 72.8 Å². The molecule has 0 unspecified atom stereocenters. The summed E-state index contributed by atoms with van der Waals surface area (Å²) in [6.07, 6.45) is 4.16. The topological polar surface area (TPSA) is 41.6 Å². The summed E-state index contributed by atoms with van der Waals surface area (Å²) in [5.74, 6) is 2.02. The lowest BCUT2D eigenvalue weighted by atomic mass is 9.81. The molecule has 0 aliphatic heterocycles. The molecule has 1 aliphatic carbocycles. The first-order valence-electron chi connectivity index (χ1n) is 13.8. The van der Waals surface area contributed by atoms with Gasteiger partial charge in [-0.05, 0) is 66.2 Å². The molecule has 3 aromatic carbocycles. The Morgan fingerprint density at radius 1 is 0.838 bits per heavy atom. The molecule has 0 heterocycles. The molecule has 0 atom stereocenters. The van der Waals surface area contributed by atoms with Crippen LogP contribution >= 0.6 is 0 Å². The number of urea groups is 1. The van der Waals surface area contributed by atoms with Crippen molar-refractivity contribution in [3.8, 4) is 5.75 Å². The van der Waals surface area contributed by atoms with E-state index in [0.717, 1.165) is 42.7 Å². The maximum absolute atomic E-state index is 14.1. The van der Waals surface area contributed by atoms with Gasteiger partial charge in [-0.15, -0.1) is 0 Å². The number of hydrogen-bond donors (Lipinski definition) is 1. The first kappa shape index (κ1) is 26.8. The van der Waals surface area contributed by atoms with Gasteiger partial charge in [0.15, 0.2) is 0 Å². The van der Waals surface area contributed by atoms with E-state index in [9.17, 15) is 4.79 Å². The van der Waals surface area contributed by atoms with E-state index in [2.05, 4.69) is 92.5 Å². The van der Waals surface area contributed by atoms with Crippen LogP contribution in [0.2, 0.25) is 0 Å². The minimum atomic E-state index is -0.0240. The fourth-order valence-electron chi connectivity index (χ4n) is 5.70. The Hall–Kier alpha value is -3.27. The van der Waals surface area contributed by atoms with Crippen LogP contribution in [0.4, 0.5) is 10.5 Å². The molecule has 3 aromatic rings. The highest BCUT2D eigenvalue weighted by Gasteiger charge is 2.31. The van der Waals surface area contributed by atoms with E-state index in [-0.39, 0.29) is 12.1 Å². The zero-order chi connectivity index (χ0) is 26.4. The van der Waals surface area contributed by atoms with Crippen LogP contribution < -0.4 is 10.1 Å². The lowest BCUT2D eigenvalue weighted by molar-refractivity contribution is 0.157. The number of nitrogens with one attached hydrogen (secondary N) is 1. The van der Waals surface area contributed by atoms with E-state index in [0.29, 0.717) is 24.3 Å². The van der Waals surface area contributed by atoms with Crippen molar-refractivity contribution in [2.75, 3.05) is 12.4 Å². The van der Waals surface area contributed by atoms with Gasteiger partial charge in [0.25, 0.3) is 0 Å². The summed E-state index contributed by atoms with van der Waals surface area (Å²) in [5.41, 5.74) is 5.79. The van der Waals surface area contributed by atoms with Crippen LogP contribution in [0.1, 0.15) is 93.4 Å². The van der Waals surface area contributed by atoms with Gasteiger partial charge >= 0.3 is 6.03 Å². The third-order valence-corrected chi connectivity index (χ3v) is 7.81. The first-order valence-corrected chi connectivity index (χ1v) is 13.8. The van der Waals surface area contributed by atoms with E-state index in [1.807, 2.05) is 18.2 Å². The molecule has 2 amide bonds. The smallest absolute Gasteiger partial charge is 0.322 e. The number of hydrogen-bond acceptors (Lipinski definition) is 2. The number of amides is 2. The van der Waals surface area contributed by atoms with Gasteiger partial charge in [-0.25, -0.2) is 4.79 Å². The summed E-state index contributed by atoms with van der Waals surface area (Å²) < 4.78 is 5.65. The van der Waals surface area contributed by atoms with Gasteiger partial charge in [-0.2, -0.15) is 0 Å². The minimum absolute atomic E-state index is 0.0240. The Kier molecular flexibility index (Phi) is 8.91. The highest BCUT2D eigenvalue weighted by atomic mass is 16.5. The molecule has 0 aromatic heterocycles. The van der Waals surface area contributed by atoms with Gasteiger partial charge in [0.05, 0.1) is 13.7 Å². The van der Waals surface area contributed by atoms with Gasteiger partial charge in [0.1, 0.15) is 5.75 Å². The van der Waals surface area contributed by atoms with Crippen molar-refractivity contribution in [1.82, 2.24) is 4.90 Å². The van der Waals surface area contributed by atoms with Crippen molar-refractivity contribution < 1.29 is 9.53 Å². The summed E-state index contributed by atoms with van der Waals surface area (Å²) in [6.45, 7) is 9.27. The van der Waals surface area contributed by atoms with Crippen molar-refractivity contribution in [1.29, 1.82) is 0 Å². The zero-order valence-corrected chi connectivity index (χ0v) is 23.0. The second-order valence-corrected chi connectivity index (χ2v) is 10.9. The number of methoxy groups -OCH3 is 1. The fourth-order valence-corrected chi connectivity index (χ4v) is 5.70. The van der Waals surface area contributed by atoms with E-state index < -0.39 is 0 Å². The summed E-state index contributed by atoms with van der Waals surface area (Å²) in [5, 5.41) is 3.39. The minimum Gasteiger partial charge on any atom is -0.496 e. The molecule has 4 nitrogen and oxygen atoms in total. The molecule has 1 saturated carbocycles. The maximum Gasteiger partial charge on any atom is 0.322 e. The van der Waals surface area contributed by atoms with Gasteiger partial charge in [-0.3, -0.25) is 0 Å². The molecule has 0 saturated heterocycles. The number of benzene rings is 3. The number of nitrogens with zero attached hydrogens (tertiary/aromatic N) is 1. The summed E-state index contributed by atoms with van der Waals surface area (Å²) in [6, 6.07) is 25.4. The summed E-state index contributed by atoms with van der Waals surface area (Å²) >= 11 is 0. The number of carbonyl (C=O) groups excluding carboxylic acids is 1. The van der Waals surface area contributed by atoms with Crippen LogP contribution in [0.5, 0.6) is 5.75 Å². The molecule has 0 bridgehead atoms. The number of para-hydroxylation sites is 2. The van der Waals surface area contributed by atoms with Crippen molar-refractivity contribution in [3.05, 3.63) is 95.1 Å². The average molecular weight is 499 g/mol. The Morgan fingerprint density at radius 2 is 1.43 bits per heavy atom. The second-order valence-electron chi connectivity index (χ2n) is 10.9. The Morgan fingerprint density at radius 3 is 2.03 bits per heavy atom. The number of ether oxygens (including phenoxy) is 1. The van der Waals surface area contributed by atoms with E-state index in [4.69, 9.17) is 4.74 Å². The quantitative estimate of drug-likeness (QED) is 0.337. The largest absolute Gasteiger partial charge is 0.496 e. The van der Waals surface area contributed by atoms with E-state index in [1.165, 1.54) is 16.7 Å². The lowest BCUT2D eigenvalue weighted by Crippen LogP contribution is -2.44. The highest BCUT2D eigenvalue weighted by Crippen LogP contribution is 2.37. The van der Waals surface area contributed by atoms with Crippen LogP contribution in [0.3, 0.4) is 0 Å². The van der Waals surface area contributed by atoms with Gasteiger partial charge < -0.3 is 15.0 Å². The summed E-state index contributed by atoms with van der Waals surface area (Å²) in [4.78, 5) is 16.1. The number of anilines is 1. The normalized spacial score (nSPS) is 17.6. The van der Waals surface area contributed by atoms with E-state index in [1.54, 1.807) is 7.11 Å². The Bertz CT molecular complexity index is 1140. The third-order valence-electron chi connectivity index (χ3n) is 7.81. The predicted molar refractivity (Wildman–Crippen MR) is 154 cm³/mol. The molecule has 4 heteroatoms.